The van der Waals surface area contributed by atoms with Crippen molar-refractivity contribution in [3.05, 3.63) is 29.6 Å². The summed E-state index contributed by atoms with van der Waals surface area (Å²) in [6, 6.07) is 4.20. The van der Waals surface area contributed by atoms with Gasteiger partial charge >= 0.3 is 6.09 Å². The highest BCUT2D eigenvalue weighted by atomic mass is 16.6. The average molecular weight is 276 g/mol. The molecule has 0 unspecified atom stereocenters. The highest BCUT2D eigenvalue weighted by molar-refractivity contribution is 5.68. The largest absolute Gasteiger partial charge is 0.444 e. The van der Waals surface area contributed by atoms with Crippen LogP contribution in [0.5, 0.6) is 0 Å². The number of rotatable bonds is 1. The number of hydrogen-bond donors (Lipinski definition) is 0. The molecule has 110 valence electrons. The molecule has 0 saturated carbocycles. The summed E-state index contributed by atoms with van der Waals surface area (Å²) in [6.07, 6.45) is 3.62. The fourth-order valence-corrected chi connectivity index (χ4v) is 2.41. The number of ether oxygens (including phenoxy) is 1. The van der Waals surface area contributed by atoms with Crippen LogP contribution in [0.25, 0.3) is 0 Å². The predicted octanol–water partition coefficient (Wildman–Crippen LogP) is 3.50. The van der Waals surface area contributed by atoms with Gasteiger partial charge in [0.15, 0.2) is 0 Å². The Morgan fingerprint density at radius 2 is 1.95 bits per heavy atom. The highest BCUT2D eigenvalue weighted by Gasteiger charge is 2.27. The number of carbonyl (C=O) groups is 1. The first kappa shape index (κ1) is 14.8. The van der Waals surface area contributed by atoms with E-state index in [-0.39, 0.29) is 6.09 Å². The molecule has 0 radical (unpaired) electrons. The minimum Gasteiger partial charge on any atom is -0.444 e. The summed E-state index contributed by atoms with van der Waals surface area (Å²) >= 11 is 0. The molecular formula is C16H24N2O2. The van der Waals surface area contributed by atoms with Crippen LogP contribution in [0, 0.1) is 6.92 Å². The second kappa shape index (κ2) is 5.81. The van der Waals surface area contributed by atoms with E-state index in [1.54, 1.807) is 4.90 Å². The molecule has 2 rings (SSSR count). The van der Waals surface area contributed by atoms with Crippen molar-refractivity contribution in [1.82, 2.24) is 9.88 Å². The van der Waals surface area contributed by atoms with Gasteiger partial charge in [-0.2, -0.15) is 0 Å². The van der Waals surface area contributed by atoms with Crippen molar-refractivity contribution in [3.63, 3.8) is 0 Å². The minimum atomic E-state index is -0.424. The van der Waals surface area contributed by atoms with Crippen LogP contribution in [0.4, 0.5) is 4.79 Å². The summed E-state index contributed by atoms with van der Waals surface area (Å²) in [7, 11) is 0. The predicted molar refractivity (Wildman–Crippen MR) is 78.8 cm³/mol. The summed E-state index contributed by atoms with van der Waals surface area (Å²) in [6.45, 7) is 9.22. The Balaban J connectivity index is 1.89. The van der Waals surface area contributed by atoms with E-state index in [2.05, 4.69) is 17.1 Å². The van der Waals surface area contributed by atoms with Crippen LogP contribution in [-0.2, 0) is 4.74 Å². The molecule has 0 bridgehead atoms. The molecule has 1 amide bonds. The van der Waals surface area contributed by atoms with Crippen LogP contribution >= 0.6 is 0 Å². The first-order valence-electron chi connectivity index (χ1n) is 7.25. The van der Waals surface area contributed by atoms with Gasteiger partial charge in [-0.3, -0.25) is 4.98 Å². The molecule has 0 atom stereocenters. The zero-order chi connectivity index (χ0) is 14.8. The highest BCUT2D eigenvalue weighted by Crippen LogP contribution is 2.27. The van der Waals surface area contributed by atoms with Gasteiger partial charge in [-0.05, 0) is 52.2 Å². The summed E-state index contributed by atoms with van der Waals surface area (Å²) < 4.78 is 5.41. The number of likely N-dealkylation sites (tertiary alicyclic amines) is 1. The molecule has 0 aliphatic carbocycles. The van der Waals surface area contributed by atoms with Crippen LogP contribution in [0.1, 0.15) is 50.8 Å². The van der Waals surface area contributed by atoms with E-state index in [9.17, 15) is 4.79 Å². The Morgan fingerprint density at radius 3 is 2.45 bits per heavy atom. The van der Waals surface area contributed by atoms with Crippen molar-refractivity contribution < 1.29 is 9.53 Å². The number of aryl methyl sites for hydroxylation is 1. The number of carbonyl (C=O) groups excluding carboxylic acids is 1. The number of nitrogens with zero attached hydrogens (tertiary/aromatic N) is 2. The van der Waals surface area contributed by atoms with E-state index in [0.717, 1.165) is 31.6 Å². The van der Waals surface area contributed by atoms with Crippen LogP contribution < -0.4 is 0 Å². The molecule has 1 fully saturated rings. The molecule has 1 saturated heterocycles. The first-order chi connectivity index (χ1) is 9.35. The average Bonchev–Trinajstić information content (AvgIpc) is 2.38. The topological polar surface area (TPSA) is 42.4 Å². The molecule has 1 aromatic rings. The summed E-state index contributed by atoms with van der Waals surface area (Å²) in [4.78, 5) is 18.3. The molecule has 4 heteroatoms. The van der Waals surface area contributed by atoms with E-state index in [0.29, 0.717) is 5.92 Å². The fraction of sp³-hybridized carbons (Fsp3) is 0.625. The van der Waals surface area contributed by atoms with Gasteiger partial charge in [-0.1, -0.05) is 6.07 Å². The summed E-state index contributed by atoms with van der Waals surface area (Å²) in [5.41, 5.74) is 1.89. The number of hydrogen-bond acceptors (Lipinski definition) is 3. The van der Waals surface area contributed by atoms with Gasteiger partial charge in [0.2, 0.25) is 0 Å². The third-order valence-electron chi connectivity index (χ3n) is 3.50. The van der Waals surface area contributed by atoms with E-state index in [4.69, 9.17) is 4.74 Å². The molecule has 1 aliphatic rings. The second-order valence-corrected chi connectivity index (χ2v) is 6.50. The Labute approximate surface area is 121 Å². The van der Waals surface area contributed by atoms with E-state index < -0.39 is 5.60 Å². The second-order valence-electron chi connectivity index (χ2n) is 6.50. The molecule has 2 heterocycles. The van der Waals surface area contributed by atoms with Crippen molar-refractivity contribution in [2.45, 2.75) is 52.1 Å². The molecule has 1 aliphatic heterocycles. The zero-order valence-electron chi connectivity index (χ0n) is 12.8. The van der Waals surface area contributed by atoms with Crippen LogP contribution in [-0.4, -0.2) is 34.7 Å². The third-order valence-corrected chi connectivity index (χ3v) is 3.50. The van der Waals surface area contributed by atoms with Gasteiger partial charge in [0.25, 0.3) is 0 Å². The molecule has 4 nitrogen and oxygen atoms in total. The molecule has 20 heavy (non-hydrogen) atoms. The van der Waals surface area contributed by atoms with Gasteiger partial charge in [0.05, 0.1) is 0 Å². The molecule has 0 N–H and O–H groups in total. The monoisotopic (exact) mass is 276 g/mol. The number of amides is 1. The van der Waals surface area contributed by atoms with Crippen molar-refractivity contribution >= 4 is 6.09 Å². The standard InChI is InChI=1S/C16H24N2O2/c1-12-5-6-14(17-11-12)13-7-9-18(10-8-13)15(19)20-16(2,3)4/h5-6,11,13H,7-10H2,1-4H3. The lowest BCUT2D eigenvalue weighted by atomic mass is 9.93. The number of aromatic nitrogens is 1. The number of piperidine rings is 1. The van der Waals surface area contributed by atoms with Gasteiger partial charge < -0.3 is 9.64 Å². The fourth-order valence-electron chi connectivity index (χ4n) is 2.41. The molecule has 0 spiro atoms. The lowest BCUT2D eigenvalue weighted by Crippen LogP contribution is -2.41. The Bertz CT molecular complexity index is 454. The van der Waals surface area contributed by atoms with Crippen LogP contribution in [0.15, 0.2) is 18.3 Å². The van der Waals surface area contributed by atoms with Crippen molar-refractivity contribution in [2.75, 3.05) is 13.1 Å². The van der Waals surface area contributed by atoms with Gasteiger partial charge in [0.1, 0.15) is 5.60 Å². The Kier molecular flexibility index (Phi) is 4.31. The van der Waals surface area contributed by atoms with E-state index in [1.165, 1.54) is 5.56 Å². The number of pyridine rings is 1. The lowest BCUT2D eigenvalue weighted by Gasteiger charge is -2.33. The van der Waals surface area contributed by atoms with E-state index in [1.807, 2.05) is 33.9 Å². The SMILES string of the molecule is Cc1ccc(C2CCN(C(=O)OC(C)(C)C)CC2)nc1. The lowest BCUT2D eigenvalue weighted by molar-refractivity contribution is 0.0204. The maximum absolute atomic E-state index is 12.0. The van der Waals surface area contributed by atoms with E-state index >= 15 is 0 Å². The van der Waals surface area contributed by atoms with Crippen LogP contribution in [0.2, 0.25) is 0 Å². The summed E-state index contributed by atoms with van der Waals surface area (Å²) in [5.74, 6) is 0.453. The normalized spacial score (nSPS) is 17.1. The molecule has 1 aromatic heterocycles. The molecular weight excluding hydrogens is 252 g/mol. The Morgan fingerprint density at radius 1 is 1.30 bits per heavy atom. The smallest absolute Gasteiger partial charge is 0.410 e. The summed E-state index contributed by atoms with van der Waals surface area (Å²) in [5, 5.41) is 0. The van der Waals surface area contributed by atoms with Crippen molar-refractivity contribution in [1.29, 1.82) is 0 Å². The third kappa shape index (κ3) is 3.95. The van der Waals surface area contributed by atoms with Gasteiger partial charge in [0, 0.05) is 30.9 Å². The van der Waals surface area contributed by atoms with Crippen molar-refractivity contribution in [3.8, 4) is 0 Å². The maximum Gasteiger partial charge on any atom is 0.410 e. The first-order valence-corrected chi connectivity index (χ1v) is 7.25. The van der Waals surface area contributed by atoms with Gasteiger partial charge in [-0.15, -0.1) is 0 Å². The zero-order valence-corrected chi connectivity index (χ0v) is 12.8. The maximum atomic E-state index is 12.0. The van der Waals surface area contributed by atoms with Crippen molar-refractivity contribution in [2.24, 2.45) is 0 Å². The van der Waals surface area contributed by atoms with Gasteiger partial charge in [-0.25, -0.2) is 4.79 Å². The Hall–Kier alpha value is -1.58. The quantitative estimate of drug-likeness (QED) is 0.788. The van der Waals surface area contributed by atoms with Crippen LogP contribution in [0.3, 0.4) is 0 Å². The molecule has 0 aromatic carbocycles. The minimum absolute atomic E-state index is 0.201.